The number of hydrogen-bond acceptors (Lipinski definition) is 4. The minimum Gasteiger partial charge on any atom is -0.347 e. The number of carbonyl (C=O) groups excluding carboxylic acids is 2. The number of halogens is 2. The van der Waals surface area contributed by atoms with Crippen LogP contribution in [0.5, 0.6) is 0 Å². The van der Waals surface area contributed by atoms with Crippen LogP contribution >= 0.6 is 0 Å². The minimum absolute atomic E-state index is 0.125. The molecule has 1 aromatic carbocycles. The number of benzene rings is 1. The molecule has 25 heavy (non-hydrogen) atoms. The number of ether oxygens (including phenoxy) is 2. The molecule has 0 aromatic heterocycles. The van der Waals surface area contributed by atoms with Crippen molar-refractivity contribution in [2.45, 2.75) is 44.0 Å². The first-order valence-corrected chi connectivity index (χ1v) is 8.33. The van der Waals surface area contributed by atoms with Crippen LogP contribution in [0.4, 0.5) is 14.5 Å². The van der Waals surface area contributed by atoms with Gasteiger partial charge in [-0.25, -0.2) is 8.78 Å². The van der Waals surface area contributed by atoms with E-state index in [4.69, 9.17) is 9.47 Å². The number of carbonyl (C=O) groups is 2. The minimum atomic E-state index is -1.03. The van der Waals surface area contributed by atoms with E-state index in [1.807, 2.05) is 0 Å². The first-order valence-electron chi connectivity index (χ1n) is 8.33. The van der Waals surface area contributed by atoms with Crippen LogP contribution < -0.4 is 10.6 Å². The maximum Gasteiger partial charge on any atom is 0.313 e. The molecule has 2 fully saturated rings. The molecule has 0 radical (unpaired) electrons. The van der Waals surface area contributed by atoms with Crippen molar-refractivity contribution in [2.24, 2.45) is 0 Å². The Bertz CT molecular complexity index is 662. The van der Waals surface area contributed by atoms with Crippen LogP contribution in [0.25, 0.3) is 0 Å². The van der Waals surface area contributed by atoms with Gasteiger partial charge in [-0.1, -0.05) is 6.42 Å². The molecule has 3 rings (SSSR count). The monoisotopic (exact) mass is 354 g/mol. The topological polar surface area (TPSA) is 76.7 Å². The molecule has 1 heterocycles. The average molecular weight is 354 g/mol. The molecule has 8 heteroatoms. The third-order valence-corrected chi connectivity index (χ3v) is 4.40. The summed E-state index contributed by atoms with van der Waals surface area (Å²) in [6.07, 6.45) is 4.60. The second-order valence-corrected chi connectivity index (χ2v) is 6.31. The Morgan fingerprint density at radius 2 is 1.92 bits per heavy atom. The number of amides is 2. The summed E-state index contributed by atoms with van der Waals surface area (Å²) in [5.74, 6) is -4.22. The van der Waals surface area contributed by atoms with E-state index in [0.29, 0.717) is 12.7 Å². The van der Waals surface area contributed by atoms with Crippen molar-refractivity contribution in [1.82, 2.24) is 5.32 Å². The molecule has 2 amide bonds. The average Bonchev–Trinajstić information content (AvgIpc) is 2.98. The molecule has 2 aliphatic rings. The van der Waals surface area contributed by atoms with Crippen LogP contribution in [-0.4, -0.2) is 36.9 Å². The molecule has 1 saturated heterocycles. The summed E-state index contributed by atoms with van der Waals surface area (Å²) in [4.78, 5) is 23.6. The summed E-state index contributed by atoms with van der Waals surface area (Å²) in [5.41, 5.74) is -0.261. The zero-order valence-corrected chi connectivity index (χ0v) is 13.6. The van der Waals surface area contributed by atoms with Crippen LogP contribution in [0, 0.1) is 11.6 Å². The van der Waals surface area contributed by atoms with Gasteiger partial charge in [0.15, 0.2) is 5.79 Å². The highest BCUT2D eigenvalue weighted by Crippen LogP contribution is 2.37. The van der Waals surface area contributed by atoms with Crippen LogP contribution in [0.1, 0.15) is 32.1 Å². The Hall–Kier alpha value is -2.06. The predicted octanol–water partition coefficient (Wildman–Crippen LogP) is 2.10. The summed E-state index contributed by atoms with van der Waals surface area (Å²) in [6, 6.07) is 2.67. The molecular weight excluding hydrogens is 334 g/mol. The van der Waals surface area contributed by atoms with E-state index in [1.165, 1.54) is 0 Å². The van der Waals surface area contributed by atoms with Gasteiger partial charge in [0.05, 0.1) is 12.3 Å². The van der Waals surface area contributed by atoms with E-state index in [2.05, 4.69) is 10.6 Å². The smallest absolute Gasteiger partial charge is 0.313 e. The maximum atomic E-state index is 13.5. The van der Waals surface area contributed by atoms with E-state index < -0.39 is 29.2 Å². The molecule has 1 aromatic rings. The normalized spacial score (nSPS) is 21.9. The zero-order chi connectivity index (χ0) is 17.9. The SMILES string of the molecule is O=C(NC[C@@H]1COC2(CCCCC2)O1)C(=O)Nc1ccc(F)cc1F. The molecule has 1 aliphatic carbocycles. The van der Waals surface area contributed by atoms with Crippen molar-refractivity contribution >= 4 is 17.5 Å². The predicted molar refractivity (Wildman–Crippen MR) is 84.6 cm³/mol. The standard InChI is InChI=1S/C17H20F2N2O4/c18-11-4-5-14(13(19)8-11)21-16(23)15(22)20-9-12-10-24-17(25-12)6-2-1-3-7-17/h4-5,8,12H,1-3,6-7,9-10H2,(H,20,22)(H,21,23)/t12-/m1/s1. The molecule has 2 N–H and O–H groups in total. The van der Waals surface area contributed by atoms with E-state index in [-0.39, 0.29) is 18.3 Å². The number of rotatable bonds is 3. The van der Waals surface area contributed by atoms with E-state index in [9.17, 15) is 18.4 Å². The first kappa shape index (κ1) is 17.8. The van der Waals surface area contributed by atoms with Crippen LogP contribution in [-0.2, 0) is 19.1 Å². The van der Waals surface area contributed by atoms with E-state index in [1.54, 1.807) is 0 Å². The molecule has 6 nitrogen and oxygen atoms in total. The van der Waals surface area contributed by atoms with E-state index in [0.717, 1.165) is 44.2 Å². The Kier molecular flexibility index (Phi) is 5.29. The lowest BCUT2D eigenvalue weighted by molar-refractivity contribution is -0.186. The molecule has 1 spiro atoms. The number of hydrogen-bond donors (Lipinski definition) is 2. The van der Waals surface area contributed by atoms with Crippen molar-refractivity contribution in [3.63, 3.8) is 0 Å². The van der Waals surface area contributed by atoms with Gasteiger partial charge in [-0.05, 0) is 25.0 Å². The van der Waals surface area contributed by atoms with Crippen LogP contribution in [0.2, 0.25) is 0 Å². The Balaban J connectivity index is 1.47. The highest BCUT2D eigenvalue weighted by molar-refractivity contribution is 6.39. The summed E-state index contributed by atoms with van der Waals surface area (Å²) in [6.45, 7) is 0.481. The summed E-state index contributed by atoms with van der Waals surface area (Å²) in [7, 11) is 0. The van der Waals surface area contributed by atoms with Crippen molar-refractivity contribution in [3.8, 4) is 0 Å². The highest BCUT2D eigenvalue weighted by Gasteiger charge is 2.42. The van der Waals surface area contributed by atoms with Crippen molar-refractivity contribution in [1.29, 1.82) is 0 Å². The maximum absolute atomic E-state index is 13.5. The molecule has 1 saturated carbocycles. The Morgan fingerprint density at radius 3 is 2.64 bits per heavy atom. The number of nitrogens with one attached hydrogen (secondary N) is 2. The zero-order valence-electron chi connectivity index (χ0n) is 13.6. The van der Waals surface area contributed by atoms with Gasteiger partial charge in [-0.2, -0.15) is 0 Å². The van der Waals surface area contributed by atoms with Gasteiger partial charge < -0.3 is 20.1 Å². The lowest BCUT2D eigenvalue weighted by Gasteiger charge is -2.31. The van der Waals surface area contributed by atoms with E-state index >= 15 is 0 Å². The lowest BCUT2D eigenvalue weighted by atomic mass is 9.94. The third-order valence-electron chi connectivity index (χ3n) is 4.40. The first-order chi connectivity index (χ1) is 12.0. The molecule has 0 bridgehead atoms. The van der Waals surface area contributed by atoms with Gasteiger partial charge in [0.25, 0.3) is 0 Å². The lowest BCUT2D eigenvalue weighted by Crippen LogP contribution is -2.41. The van der Waals surface area contributed by atoms with Crippen molar-refractivity contribution in [2.75, 3.05) is 18.5 Å². The Morgan fingerprint density at radius 1 is 1.16 bits per heavy atom. The fourth-order valence-electron chi connectivity index (χ4n) is 3.13. The fourth-order valence-corrected chi connectivity index (χ4v) is 3.13. The van der Waals surface area contributed by atoms with Crippen LogP contribution in [0.15, 0.2) is 18.2 Å². The van der Waals surface area contributed by atoms with Crippen molar-refractivity contribution in [3.05, 3.63) is 29.8 Å². The fraction of sp³-hybridized carbons (Fsp3) is 0.529. The second kappa shape index (κ2) is 7.45. The molecule has 0 unspecified atom stereocenters. The van der Waals surface area contributed by atoms with Gasteiger partial charge in [-0.3, -0.25) is 9.59 Å². The highest BCUT2D eigenvalue weighted by atomic mass is 19.1. The van der Waals surface area contributed by atoms with Gasteiger partial charge in [-0.15, -0.1) is 0 Å². The molecule has 136 valence electrons. The van der Waals surface area contributed by atoms with Gasteiger partial charge in [0.2, 0.25) is 0 Å². The quantitative estimate of drug-likeness (QED) is 0.815. The largest absolute Gasteiger partial charge is 0.347 e. The van der Waals surface area contributed by atoms with Gasteiger partial charge in [0.1, 0.15) is 17.7 Å². The molecule has 1 aliphatic heterocycles. The van der Waals surface area contributed by atoms with Gasteiger partial charge in [0, 0.05) is 25.5 Å². The third kappa shape index (κ3) is 4.32. The molecular formula is C17H20F2N2O4. The number of anilines is 1. The summed E-state index contributed by atoms with van der Waals surface area (Å²) >= 11 is 0. The molecule has 1 atom stereocenters. The Labute approximate surface area is 143 Å². The summed E-state index contributed by atoms with van der Waals surface area (Å²) in [5, 5.41) is 4.55. The summed E-state index contributed by atoms with van der Waals surface area (Å²) < 4.78 is 38.0. The van der Waals surface area contributed by atoms with Crippen molar-refractivity contribution < 1.29 is 27.8 Å². The second-order valence-electron chi connectivity index (χ2n) is 6.31. The van der Waals surface area contributed by atoms with Crippen LogP contribution in [0.3, 0.4) is 0 Å². The van der Waals surface area contributed by atoms with Gasteiger partial charge >= 0.3 is 11.8 Å².